The van der Waals surface area contributed by atoms with Gasteiger partial charge in [0.2, 0.25) is 0 Å². The van der Waals surface area contributed by atoms with Crippen molar-refractivity contribution in [1.82, 2.24) is 10.2 Å². The second-order valence-corrected chi connectivity index (χ2v) is 6.85. The van der Waals surface area contributed by atoms with Crippen LogP contribution in [0.2, 0.25) is 0 Å². The molecule has 2 aliphatic heterocycles. The summed E-state index contributed by atoms with van der Waals surface area (Å²) < 4.78 is 11.2. The van der Waals surface area contributed by atoms with Gasteiger partial charge in [-0.3, -0.25) is 9.69 Å². The zero-order valence-corrected chi connectivity index (χ0v) is 13.7. The molecule has 4 rings (SSSR count). The number of β-amino-alcohol motifs (C(OH)–C–C–N with tert-alkyl or cyclic N) is 1. The van der Waals surface area contributed by atoms with E-state index in [2.05, 4.69) is 10.2 Å². The zero-order chi connectivity index (χ0) is 16.5. The summed E-state index contributed by atoms with van der Waals surface area (Å²) in [4.78, 5) is 15.1. The number of rotatable bonds is 3. The smallest absolute Gasteiger partial charge is 0.255 e. The Labute approximate surface area is 141 Å². The summed E-state index contributed by atoms with van der Waals surface area (Å²) >= 11 is 0. The summed E-state index contributed by atoms with van der Waals surface area (Å²) in [5.74, 6) is 1.08. The number of carbonyl (C=O) groups excluding carboxylic acids is 1. The van der Waals surface area contributed by atoms with E-state index in [1.165, 1.54) is 0 Å². The molecule has 1 unspecified atom stereocenters. The molecule has 0 radical (unpaired) electrons. The van der Waals surface area contributed by atoms with Crippen LogP contribution >= 0.6 is 0 Å². The first-order valence-electron chi connectivity index (χ1n) is 8.84. The minimum atomic E-state index is -0.228. The largest absolute Gasteiger partial charge is 0.486 e. The molecule has 3 aliphatic rings. The van der Waals surface area contributed by atoms with Gasteiger partial charge in [-0.15, -0.1) is 0 Å². The van der Waals surface area contributed by atoms with Crippen molar-refractivity contribution in [3.05, 3.63) is 23.8 Å². The molecule has 1 aromatic carbocycles. The van der Waals surface area contributed by atoms with Gasteiger partial charge in [0.1, 0.15) is 13.2 Å². The monoisotopic (exact) mass is 332 g/mol. The van der Waals surface area contributed by atoms with Gasteiger partial charge in [-0.2, -0.15) is 0 Å². The Morgan fingerprint density at radius 1 is 1.21 bits per heavy atom. The Hall–Kier alpha value is -1.79. The molecule has 2 fully saturated rings. The summed E-state index contributed by atoms with van der Waals surface area (Å²) in [6.45, 7) is 2.61. The molecule has 0 spiro atoms. The molecule has 130 valence electrons. The van der Waals surface area contributed by atoms with Crippen LogP contribution in [0, 0.1) is 0 Å². The maximum Gasteiger partial charge on any atom is 0.255 e. The van der Waals surface area contributed by atoms with Crippen LogP contribution in [0.25, 0.3) is 0 Å². The average molecular weight is 332 g/mol. The number of aliphatic hydroxyl groups is 1. The van der Waals surface area contributed by atoms with E-state index in [-0.39, 0.29) is 18.1 Å². The number of nitrogens with one attached hydrogen (secondary N) is 1. The lowest BCUT2D eigenvalue weighted by atomic mass is 10.1. The van der Waals surface area contributed by atoms with E-state index in [0.29, 0.717) is 42.9 Å². The van der Waals surface area contributed by atoms with E-state index >= 15 is 0 Å². The fraction of sp³-hybridized carbons (Fsp3) is 0.611. The number of fused-ring (bicyclic) bond motifs is 1. The third-order valence-electron chi connectivity index (χ3n) is 5.27. The molecule has 0 aromatic heterocycles. The van der Waals surface area contributed by atoms with Crippen LogP contribution in [0.1, 0.15) is 36.0 Å². The number of hydrogen-bond donors (Lipinski definition) is 2. The quantitative estimate of drug-likeness (QED) is 0.870. The molecule has 1 saturated heterocycles. The highest BCUT2D eigenvalue weighted by Gasteiger charge is 2.36. The molecular weight excluding hydrogens is 308 g/mol. The molecule has 24 heavy (non-hydrogen) atoms. The van der Waals surface area contributed by atoms with Crippen molar-refractivity contribution in [3.8, 4) is 11.5 Å². The normalized spacial score (nSPS) is 29.6. The molecule has 1 aromatic rings. The minimum Gasteiger partial charge on any atom is -0.486 e. The Balaban J connectivity index is 1.48. The molecule has 0 bridgehead atoms. The maximum absolute atomic E-state index is 12.8. The van der Waals surface area contributed by atoms with Gasteiger partial charge in [-0.25, -0.2) is 0 Å². The number of para-hydroxylation sites is 1. The Kier molecular flexibility index (Phi) is 4.33. The predicted octanol–water partition coefficient (Wildman–Crippen LogP) is 1.18. The molecule has 2 heterocycles. The Morgan fingerprint density at radius 3 is 2.92 bits per heavy atom. The lowest BCUT2D eigenvalue weighted by molar-refractivity contribution is 0.0895. The number of aliphatic hydroxyl groups excluding tert-OH is 1. The highest BCUT2D eigenvalue weighted by molar-refractivity contribution is 5.98. The SMILES string of the molecule is O=C(N[C@@H]1CCC[C@@H]1N1CCC(O)C1)c1cccc2c1OCCO2. The molecule has 6 heteroatoms. The van der Waals surface area contributed by atoms with Gasteiger partial charge in [-0.05, 0) is 37.8 Å². The van der Waals surface area contributed by atoms with Crippen LogP contribution in [0.5, 0.6) is 11.5 Å². The van der Waals surface area contributed by atoms with E-state index in [4.69, 9.17) is 9.47 Å². The molecule has 3 atom stereocenters. The first-order valence-corrected chi connectivity index (χ1v) is 8.84. The number of carbonyl (C=O) groups is 1. The number of likely N-dealkylation sites (tertiary alicyclic amines) is 1. The Morgan fingerprint density at radius 2 is 2.08 bits per heavy atom. The fourth-order valence-corrected chi connectivity index (χ4v) is 4.11. The average Bonchev–Trinajstić information content (AvgIpc) is 3.23. The van der Waals surface area contributed by atoms with E-state index < -0.39 is 0 Å². The fourth-order valence-electron chi connectivity index (χ4n) is 4.11. The van der Waals surface area contributed by atoms with Crippen LogP contribution < -0.4 is 14.8 Å². The molecule has 1 saturated carbocycles. The first-order chi connectivity index (χ1) is 11.7. The maximum atomic E-state index is 12.8. The number of benzene rings is 1. The van der Waals surface area contributed by atoms with Gasteiger partial charge in [-0.1, -0.05) is 6.07 Å². The molecular formula is C18H24N2O4. The third kappa shape index (κ3) is 2.96. The van der Waals surface area contributed by atoms with Crippen LogP contribution in [-0.2, 0) is 0 Å². The zero-order valence-electron chi connectivity index (χ0n) is 13.7. The summed E-state index contributed by atoms with van der Waals surface area (Å²) in [5, 5.41) is 13.0. The van der Waals surface area contributed by atoms with Gasteiger partial charge in [0.05, 0.1) is 11.7 Å². The van der Waals surface area contributed by atoms with Crippen molar-refractivity contribution in [2.75, 3.05) is 26.3 Å². The van der Waals surface area contributed by atoms with E-state index in [1.807, 2.05) is 12.1 Å². The second-order valence-electron chi connectivity index (χ2n) is 6.85. The highest BCUT2D eigenvalue weighted by atomic mass is 16.6. The van der Waals surface area contributed by atoms with E-state index in [9.17, 15) is 9.90 Å². The van der Waals surface area contributed by atoms with Crippen LogP contribution in [0.3, 0.4) is 0 Å². The lowest BCUT2D eigenvalue weighted by Gasteiger charge is -2.30. The van der Waals surface area contributed by atoms with Crippen molar-refractivity contribution >= 4 is 5.91 Å². The van der Waals surface area contributed by atoms with Gasteiger partial charge in [0, 0.05) is 25.2 Å². The van der Waals surface area contributed by atoms with E-state index in [1.54, 1.807) is 6.07 Å². The highest BCUT2D eigenvalue weighted by Crippen LogP contribution is 2.34. The van der Waals surface area contributed by atoms with Crippen LogP contribution in [-0.4, -0.2) is 60.4 Å². The summed E-state index contributed by atoms with van der Waals surface area (Å²) in [6.07, 6.45) is 3.76. The van der Waals surface area contributed by atoms with Crippen molar-refractivity contribution in [2.24, 2.45) is 0 Å². The minimum absolute atomic E-state index is 0.103. The Bertz CT molecular complexity index is 621. The predicted molar refractivity (Wildman–Crippen MR) is 88.5 cm³/mol. The number of nitrogens with zero attached hydrogens (tertiary/aromatic N) is 1. The van der Waals surface area contributed by atoms with Crippen LogP contribution in [0.4, 0.5) is 0 Å². The molecule has 2 N–H and O–H groups in total. The standard InChI is InChI=1S/C18H24N2O4/c21-12-7-8-20(11-12)15-5-2-4-14(15)19-18(22)13-3-1-6-16-17(13)24-10-9-23-16/h1,3,6,12,14-15,21H,2,4-5,7-11H2,(H,19,22)/t12?,14-,15+/m1/s1. The number of amides is 1. The van der Waals surface area contributed by atoms with Crippen molar-refractivity contribution < 1.29 is 19.4 Å². The molecule has 1 aliphatic carbocycles. The van der Waals surface area contributed by atoms with Crippen molar-refractivity contribution in [2.45, 2.75) is 43.9 Å². The van der Waals surface area contributed by atoms with E-state index in [0.717, 1.165) is 32.2 Å². The number of ether oxygens (including phenoxy) is 2. The lowest BCUT2D eigenvalue weighted by Crippen LogP contribution is -2.48. The summed E-state index contributed by atoms with van der Waals surface area (Å²) in [6, 6.07) is 5.89. The van der Waals surface area contributed by atoms with Crippen molar-refractivity contribution in [3.63, 3.8) is 0 Å². The summed E-state index contributed by atoms with van der Waals surface area (Å²) in [5.41, 5.74) is 0.541. The second kappa shape index (κ2) is 6.61. The van der Waals surface area contributed by atoms with Gasteiger partial charge in [0.15, 0.2) is 11.5 Å². The number of hydrogen-bond acceptors (Lipinski definition) is 5. The third-order valence-corrected chi connectivity index (χ3v) is 5.27. The first kappa shape index (κ1) is 15.7. The van der Waals surface area contributed by atoms with Gasteiger partial charge < -0.3 is 19.9 Å². The van der Waals surface area contributed by atoms with Gasteiger partial charge >= 0.3 is 0 Å². The molecule has 1 amide bonds. The topological polar surface area (TPSA) is 71.0 Å². The van der Waals surface area contributed by atoms with Gasteiger partial charge in [0.25, 0.3) is 5.91 Å². The van der Waals surface area contributed by atoms with Crippen molar-refractivity contribution in [1.29, 1.82) is 0 Å². The summed E-state index contributed by atoms with van der Waals surface area (Å²) in [7, 11) is 0. The van der Waals surface area contributed by atoms with Crippen LogP contribution in [0.15, 0.2) is 18.2 Å². The molecule has 6 nitrogen and oxygen atoms in total.